The molecule has 0 aliphatic carbocycles. The van der Waals surface area contributed by atoms with Crippen molar-refractivity contribution in [2.75, 3.05) is 5.32 Å². The summed E-state index contributed by atoms with van der Waals surface area (Å²) in [4.78, 5) is 12.9. The van der Waals surface area contributed by atoms with Crippen LogP contribution in [0.4, 0.5) is 5.69 Å². The number of anilines is 1. The maximum absolute atomic E-state index is 12.2. The van der Waals surface area contributed by atoms with Crippen LogP contribution >= 0.6 is 12.6 Å². The van der Waals surface area contributed by atoms with Crippen LogP contribution in [0, 0.1) is 0 Å². The van der Waals surface area contributed by atoms with Gasteiger partial charge in [0.1, 0.15) is 5.75 Å². The van der Waals surface area contributed by atoms with E-state index in [1.807, 2.05) is 44.2 Å². The lowest BCUT2D eigenvalue weighted by Crippen LogP contribution is -2.13. The highest BCUT2D eigenvalue weighted by atomic mass is 32.1. The van der Waals surface area contributed by atoms with Crippen LogP contribution < -0.4 is 10.1 Å². The number of amides is 1. The zero-order chi connectivity index (χ0) is 14.5. The standard InChI is InChI=1S/C16H17NO2S/c1-11(2)19-13-7-5-6-12(10-13)16(18)17-14-8-3-4-9-15(14)20/h3-11,20H,1-2H3,(H,17,18). The number of para-hydroxylation sites is 1. The Morgan fingerprint density at radius 3 is 2.60 bits per heavy atom. The largest absolute Gasteiger partial charge is 0.491 e. The summed E-state index contributed by atoms with van der Waals surface area (Å²) in [5.41, 5.74) is 1.25. The quantitative estimate of drug-likeness (QED) is 0.834. The van der Waals surface area contributed by atoms with Gasteiger partial charge in [0, 0.05) is 10.5 Å². The Kier molecular flexibility index (Phi) is 4.69. The molecule has 2 aromatic carbocycles. The van der Waals surface area contributed by atoms with E-state index in [1.54, 1.807) is 18.2 Å². The molecule has 0 atom stereocenters. The minimum absolute atomic E-state index is 0.0754. The van der Waals surface area contributed by atoms with Gasteiger partial charge in [-0.2, -0.15) is 0 Å². The fourth-order valence-corrected chi connectivity index (χ4v) is 1.97. The molecule has 2 aromatic rings. The first-order valence-electron chi connectivity index (χ1n) is 6.42. The Morgan fingerprint density at radius 1 is 1.15 bits per heavy atom. The summed E-state index contributed by atoms with van der Waals surface area (Å²) in [6.07, 6.45) is 0.0754. The van der Waals surface area contributed by atoms with E-state index in [1.165, 1.54) is 0 Å². The smallest absolute Gasteiger partial charge is 0.255 e. The molecule has 20 heavy (non-hydrogen) atoms. The lowest BCUT2D eigenvalue weighted by Gasteiger charge is -2.11. The van der Waals surface area contributed by atoms with E-state index in [4.69, 9.17) is 4.74 Å². The molecule has 0 fully saturated rings. The number of benzene rings is 2. The summed E-state index contributed by atoms with van der Waals surface area (Å²) in [6, 6.07) is 14.5. The van der Waals surface area contributed by atoms with Gasteiger partial charge in [0.05, 0.1) is 11.8 Å². The van der Waals surface area contributed by atoms with E-state index in [-0.39, 0.29) is 12.0 Å². The van der Waals surface area contributed by atoms with Crippen LogP contribution in [-0.2, 0) is 0 Å². The molecule has 0 spiro atoms. The van der Waals surface area contributed by atoms with Gasteiger partial charge in [-0.1, -0.05) is 18.2 Å². The van der Waals surface area contributed by atoms with Crippen molar-refractivity contribution in [2.45, 2.75) is 24.8 Å². The molecule has 0 unspecified atom stereocenters. The zero-order valence-electron chi connectivity index (χ0n) is 11.5. The maximum atomic E-state index is 12.2. The van der Waals surface area contributed by atoms with Crippen molar-refractivity contribution in [2.24, 2.45) is 0 Å². The van der Waals surface area contributed by atoms with Crippen LogP contribution in [0.3, 0.4) is 0 Å². The van der Waals surface area contributed by atoms with Crippen molar-refractivity contribution in [3.05, 3.63) is 54.1 Å². The number of rotatable bonds is 4. The lowest BCUT2D eigenvalue weighted by molar-refractivity contribution is 0.102. The van der Waals surface area contributed by atoms with Crippen LogP contribution in [-0.4, -0.2) is 12.0 Å². The second-order valence-electron chi connectivity index (χ2n) is 4.67. The van der Waals surface area contributed by atoms with Crippen LogP contribution in [0.1, 0.15) is 24.2 Å². The Bertz CT molecular complexity index is 611. The Hall–Kier alpha value is -1.94. The van der Waals surface area contributed by atoms with E-state index in [9.17, 15) is 4.79 Å². The third-order valence-electron chi connectivity index (χ3n) is 2.62. The first-order chi connectivity index (χ1) is 9.56. The number of carbonyl (C=O) groups excluding carboxylic acids is 1. The van der Waals surface area contributed by atoms with Crippen LogP contribution in [0.2, 0.25) is 0 Å². The minimum Gasteiger partial charge on any atom is -0.491 e. The first-order valence-corrected chi connectivity index (χ1v) is 6.87. The molecule has 0 aliphatic rings. The van der Waals surface area contributed by atoms with Crippen molar-refractivity contribution in [3.8, 4) is 5.75 Å². The molecule has 0 bridgehead atoms. The molecule has 0 radical (unpaired) electrons. The number of carbonyl (C=O) groups is 1. The average molecular weight is 287 g/mol. The Morgan fingerprint density at radius 2 is 1.90 bits per heavy atom. The molecule has 0 aliphatic heterocycles. The summed E-state index contributed by atoms with van der Waals surface area (Å²) in [7, 11) is 0. The lowest BCUT2D eigenvalue weighted by atomic mass is 10.2. The van der Waals surface area contributed by atoms with Crippen LogP contribution in [0.5, 0.6) is 5.75 Å². The normalized spacial score (nSPS) is 10.4. The topological polar surface area (TPSA) is 38.3 Å². The summed E-state index contributed by atoms with van der Waals surface area (Å²) in [5, 5.41) is 2.84. The third-order valence-corrected chi connectivity index (χ3v) is 3.01. The monoisotopic (exact) mass is 287 g/mol. The van der Waals surface area contributed by atoms with Crippen LogP contribution in [0.15, 0.2) is 53.4 Å². The molecule has 2 rings (SSSR count). The molecule has 1 amide bonds. The van der Waals surface area contributed by atoms with E-state index in [0.29, 0.717) is 17.0 Å². The molecule has 0 heterocycles. The van der Waals surface area contributed by atoms with Gasteiger partial charge in [0.15, 0.2) is 0 Å². The van der Waals surface area contributed by atoms with Crippen molar-refractivity contribution in [3.63, 3.8) is 0 Å². The van der Waals surface area contributed by atoms with E-state index >= 15 is 0 Å². The summed E-state index contributed by atoms with van der Waals surface area (Å²) in [5.74, 6) is 0.507. The van der Waals surface area contributed by atoms with Gasteiger partial charge in [-0.05, 0) is 44.2 Å². The molecule has 0 saturated heterocycles. The van der Waals surface area contributed by atoms with Gasteiger partial charge in [0.25, 0.3) is 5.91 Å². The van der Waals surface area contributed by atoms with Crippen molar-refractivity contribution < 1.29 is 9.53 Å². The molecule has 0 aromatic heterocycles. The third kappa shape index (κ3) is 3.78. The zero-order valence-corrected chi connectivity index (χ0v) is 12.4. The summed E-state index contributed by atoms with van der Waals surface area (Å²) >= 11 is 4.31. The van der Waals surface area contributed by atoms with Crippen molar-refractivity contribution in [1.29, 1.82) is 0 Å². The maximum Gasteiger partial charge on any atom is 0.255 e. The predicted molar refractivity (Wildman–Crippen MR) is 83.9 cm³/mol. The second-order valence-corrected chi connectivity index (χ2v) is 5.15. The summed E-state index contributed by atoms with van der Waals surface area (Å²) < 4.78 is 5.58. The highest BCUT2D eigenvalue weighted by molar-refractivity contribution is 7.80. The molecule has 1 N–H and O–H groups in total. The van der Waals surface area contributed by atoms with E-state index in [0.717, 1.165) is 4.90 Å². The fraction of sp³-hybridized carbons (Fsp3) is 0.188. The number of hydrogen-bond donors (Lipinski definition) is 2. The van der Waals surface area contributed by atoms with Gasteiger partial charge in [-0.3, -0.25) is 4.79 Å². The molecule has 104 valence electrons. The van der Waals surface area contributed by atoms with Crippen molar-refractivity contribution >= 4 is 24.2 Å². The Labute approximate surface area is 124 Å². The van der Waals surface area contributed by atoms with Gasteiger partial charge < -0.3 is 10.1 Å². The van der Waals surface area contributed by atoms with Gasteiger partial charge >= 0.3 is 0 Å². The van der Waals surface area contributed by atoms with Crippen LogP contribution in [0.25, 0.3) is 0 Å². The number of ether oxygens (including phenoxy) is 1. The van der Waals surface area contributed by atoms with Gasteiger partial charge in [0.2, 0.25) is 0 Å². The predicted octanol–water partition coefficient (Wildman–Crippen LogP) is 4.01. The van der Waals surface area contributed by atoms with Gasteiger partial charge in [-0.25, -0.2) is 0 Å². The first kappa shape index (κ1) is 14.5. The second kappa shape index (κ2) is 6.48. The molecular weight excluding hydrogens is 270 g/mol. The minimum atomic E-state index is -0.180. The highest BCUT2D eigenvalue weighted by Gasteiger charge is 2.09. The Balaban J connectivity index is 2.15. The molecule has 3 nitrogen and oxygen atoms in total. The SMILES string of the molecule is CC(C)Oc1cccc(C(=O)Nc2ccccc2S)c1. The highest BCUT2D eigenvalue weighted by Crippen LogP contribution is 2.21. The molecular formula is C16H17NO2S. The fourth-order valence-electron chi connectivity index (χ4n) is 1.76. The van der Waals surface area contributed by atoms with E-state index in [2.05, 4.69) is 17.9 Å². The van der Waals surface area contributed by atoms with Crippen molar-refractivity contribution in [1.82, 2.24) is 0 Å². The van der Waals surface area contributed by atoms with E-state index < -0.39 is 0 Å². The number of thiol groups is 1. The number of nitrogens with one attached hydrogen (secondary N) is 1. The molecule has 0 saturated carbocycles. The molecule has 4 heteroatoms. The average Bonchev–Trinajstić information content (AvgIpc) is 2.41. The van der Waals surface area contributed by atoms with Gasteiger partial charge in [-0.15, -0.1) is 12.6 Å². The summed E-state index contributed by atoms with van der Waals surface area (Å²) in [6.45, 7) is 3.90. The number of hydrogen-bond acceptors (Lipinski definition) is 3.